The molecule has 1 aromatic carbocycles. The van der Waals surface area contributed by atoms with E-state index in [0.29, 0.717) is 12.2 Å². The number of aromatic nitrogens is 3. The predicted molar refractivity (Wildman–Crippen MR) is 97.4 cm³/mol. The van der Waals surface area contributed by atoms with Gasteiger partial charge in [0.25, 0.3) is 5.91 Å². The van der Waals surface area contributed by atoms with E-state index in [9.17, 15) is 4.79 Å². The fourth-order valence-electron chi connectivity index (χ4n) is 3.13. The van der Waals surface area contributed by atoms with Crippen LogP contribution in [0.15, 0.2) is 41.8 Å². The van der Waals surface area contributed by atoms with Crippen molar-refractivity contribution in [2.45, 2.75) is 20.0 Å². The first-order valence-corrected chi connectivity index (χ1v) is 8.82. The highest BCUT2D eigenvalue weighted by Crippen LogP contribution is 2.24. The van der Waals surface area contributed by atoms with Gasteiger partial charge in [0.05, 0.1) is 27.8 Å². The molecule has 0 aliphatic heterocycles. The Morgan fingerprint density at radius 3 is 2.88 bits per heavy atom. The minimum atomic E-state index is -0.0735. The highest BCUT2D eigenvalue weighted by atomic mass is 32.1. The normalized spacial score (nSPS) is 11.4. The van der Waals surface area contributed by atoms with Crippen LogP contribution in [0.25, 0.3) is 21.3 Å². The second kappa shape index (κ2) is 5.79. The Hall–Kier alpha value is -2.60. The van der Waals surface area contributed by atoms with Crippen molar-refractivity contribution < 1.29 is 4.79 Å². The average molecular weight is 338 g/mol. The van der Waals surface area contributed by atoms with Crippen molar-refractivity contribution in [2.75, 3.05) is 0 Å². The Balaban J connectivity index is 1.59. The van der Waals surface area contributed by atoms with Gasteiger partial charge < -0.3 is 14.5 Å². The Morgan fingerprint density at radius 1 is 1.25 bits per heavy atom. The number of thiophene rings is 1. The van der Waals surface area contributed by atoms with Gasteiger partial charge in [-0.05, 0) is 36.6 Å². The van der Waals surface area contributed by atoms with Crippen LogP contribution in [0.3, 0.4) is 0 Å². The summed E-state index contributed by atoms with van der Waals surface area (Å²) in [5.74, 6) is 0.804. The molecule has 0 fully saturated rings. The maximum atomic E-state index is 12.6. The van der Waals surface area contributed by atoms with Crippen LogP contribution < -0.4 is 5.32 Å². The minimum absolute atomic E-state index is 0.0735. The van der Waals surface area contributed by atoms with E-state index in [1.807, 2.05) is 47.3 Å². The van der Waals surface area contributed by atoms with E-state index in [1.54, 1.807) is 11.3 Å². The SMILES string of the molecule is CCn1c(CNC(=O)c2cc3sccc3n2C)nc2ccccc21. The molecule has 1 amide bonds. The van der Waals surface area contributed by atoms with Crippen LogP contribution in [0.1, 0.15) is 23.2 Å². The van der Waals surface area contributed by atoms with Gasteiger partial charge in [0.2, 0.25) is 0 Å². The Bertz CT molecular complexity index is 1040. The number of amides is 1. The smallest absolute Gasteiger partial charge is 0.268 e. The quantitative estimate of drug-likeness (QED) is 0.619. The zero-order valence-electron chi connectivity index (χ0n) is 13.6. The van der Waals surface area contributed by atoms with E-state index in [-0.39, 0.29) is 5.91 Å². The molecule has 0 aliphatic carbocycles. The van der Waals surface area contributed by atoms with Crippen LogP contribution in [-0.4, -0.2) is 20.0 Å². The summed E-state index contributed by atoms with van der Waals surface area (Å²) >= 11 is 1.65. The summed E-state index contributed by atoms with van der Waals surface area (Å²) in [5, 5.41) is 5.04. The van der Waals surface area contributed by atoms with Gasteiger partial charge in [0.1, 0.15) is 11.5 Å². The number of imidazole rings is 1. The van der Waals surface area contributed by atoms with Crippen molar-refractivity contribution in [3.8, 4) is 0 Å². The molecule has 0 radical (unpaired) electrons. The molecule has 1 N–H and O–H groups in total. The zero-order valence-corrected chi connectivity index (χ0v) is 14.4. The highest BCUT2D eigenvalue weighted by Gasteiger charge is 2.15. The first-order chi connectivity index (χ1) is 11.7. The monoisotopic (exact) mass is 338 g/mol. The van der Waals surface area contributed by atoms with E-state index in [2.05, 4.69) is 27.9 Å². The maximum Gasteiger partial charge on any atom is 0.268 e. The number of rotatable bonds is 4. The summed E-state index contributed by atoms with van der Waals surface area (Å²) in [6.45, 7) is 3.33. The summed E-state index contributed by atoms with van der Waals surface area (Å²) < 4.78 is 5.20. The molecule has 6 heteroatoms. The number of carbonyl (C=O) groups is 1. The van der Waals surface area contributed by atoms with E-state index in [0.717, 1.165) is 33.6 Å². The van der Waals surface area contributed by atoms with E-state index in [1.165, 1.54) is 0 Å². The molecule has 24 heavy (non-hydrogen) atoms. The summed E-state index contributed by atoms with van der Waals surface area (Å²) in [5.41, 5.74) is 3.83. The minimum Gasteiger partial charge on any atom is -0.344 e. The summed E-state index contributed by atoms with van der Waals surface area (Å²) in [7, 11) is 1.92. The topological polar surface area (TPSA) is 51.9 Å². The van der Waals surface area contributed by atoms with Gasteiger partial charge in [-0.25, -0.2) is 4.98 Å². The standard InChI is InChI=1S/C18H18N4OS/c1-3-22-13-7-5-4-6-12(13)20-17(22)11-19-18(23)15-10-16-14(21(15)2)8-9-24-16/h4-10H,3,11H2,1-2H3,(H,19,23). The van der Waals surface area contributed by atoms with Crippen LogP contribution in [-0.2, 0) is 20.1 Å². The lowest BCUT2D eigenvalue weighted by molar-refractivity contribution is 0.0942. The van der Waals surface area contributed by atoms with Crippen LogP contribution in [0.4, 0.5) is 0 Å². The Kier molecular flexibility index (Phi) is 3.61. The molecule has 0 atom stereocenters. The van der Waals surface area contributed by atoms with Crippen LogP contribution in [0.2, 0.25) is 0 Å². The molecule has 122 valence electrons. The molecular weight excluding hydrogens is 320 g/mol. The van der Waals surface area contributed by atoms with Gasteiger partial charge in [-0.15, -0.1) is 11.3 Å². The second-order valence-corrected chi connectivity index (χ2v) is 6.65. The van der Waals surface area contributed by atoms with E-state index >= 15 is 0 Å². The van der Waals surface area contributed by atoms with Crippen molar-refractivity contribution in [1.82, 2.24) is 19.4 Å². The van der Waals surface area contributed by atoms with Gasteiger partial charge in [0.15, 0.2) is 0 Å². The molecule has 4 rings (SSSR count). The number of para-hydroxylation sites is 2. The largest absolute Gasteiger partial charge is 0.344 e. The van der Waals surface area contributed by atoms with Crippen LogP contribution in [0, 0.1) is 0 Å². The summed E-state index contributed by atoms with van der Waals surface area (Å²) in [6, 6.07) is 12.0. The van der Waals surface area contributed by atoms with Crippen LogP contribution >= 0.6 is 11.3 Å². The van der Waals surface area contributed by atoms with Gasteiger partial charge >= 0.3 is 0 Å². The first-order valence-electron chi connectivity index (χ1n) is 7.94. The number of fused-ring (bicyclic) bond motifs is 2. The molecule has 5 nitrogen and oxygen atoms in total. The third kappa shape index (κ3) is 2.30. The lowest BCUT2D eigenvalue weighted by Gasteiger charge is -2.08. The molecule has 0 aliphatic rings. The van der Waals surface area contributed by atoms with Crippen LogP contribution in [0.5, 0.6) is 0 Å². The molecule has 0 unspecified atom stereocenters. The van der Waals surface area contributed by atoms with Crippen molar-refractivity contribution in [2.24, 2.45) is 7.05 Å². The highest BCUT2D eigenvalue weighted by molar-refractivity contribution is 7.17. The molecule has 3 heterocycles. The Morgan fingerprint density at radius 2 is 2.08 bits per heavy atom. The summed E-state index contributed by atoms with van der Waals surface area (Å²) in [4.78, 5) is 17.2. The van der Waals surface area contributed by atoms with Gasteiger partial charge in [-0.3, -0.25) is 4.79 Å². The predicted octanol–water partition coefficient (Wildman–Crippen LogP) is 3.54. The van der Waals surface area contributed by atoms with Gasteiger partial charge in [-0.1, -0.05) is 12.1 Å². The van der Waals surface area contributed by atoms with E-state index < -0.39 is 0 Å². The fraction of sp³-hybridized carbons (Fsp3) is 0.222. The average Bonchev–Trinajstić information content (AvgIpc) is 3.26. The number of hydrogen-bond donors (Lipinski definition) is 1. The number of hydrogen-bond acceptors (Lipinski definition) is 3. The zero-order chi connectivity index (χ0) is 16.7. The molecule has 0 spiro atoms. The van der Waals surface area contributed by atoms with Gasteiger partial charge in [0, 0.05) is 13.6 Å². The fourth-order valence-corrected chi connectivity index (χ4v) is 3.98. The van der Waals surface area contributed by atoms with Crippen molar-refractivity contribution in [3.05, 3.63) is 53.3 Å². The molecular formula is C18H18N4OS. The first kappa shape index (κ1) is 15.0. The van der Waals surface area contributed by atoms with Crippen molar-refractivity contribution >= 4 is 38.5 Å². The lowest BCUT2D eigenvalue weighted by atomic mass is 10.3. The van der Waals surface area contributed by atoms with Crippen molar-refractivity contribution in [3.63, 3.8) is 0 Å². The Labute approximate surface area is 143 Å². The number of aryl methyl sites for hydroxylation is 2. The lowest BCUT2D eigenvalue weighted by Crippen LogP contribution is -2.26. The third-order valence-corrected chi connectivity index (χ3v) is 5.21. The van der Waals surface area contributed by atoms with Gasteiger partial charge in [-0.2, -0.15) is 0 Å². The molecule has 0 bridgehead atoms. The number of nitrogens with one attached hydrogen (secondary N) is 1. The van der Waals surface area contributed by atoms with Crippen molar-refractivity contribution in [1.29, 1.82) is 0 Å². The molecule has 3 aromatic heterocycles. The molecule has 4 aromatic rings. The number of nitrogens with zero attached hydrogens (tertiary/aromatic N) is 3. The van der Waals surface area contributed by atoms with E-state index in [4.69, 9.17) is 0 Å². The molecule has 0 saturated carbocycles. The molecule has 0 saturated heterocycles. The number of benzene rings is 1. The maximum absolute atomic E-state index is 12.6. The number of carbonyl (C=O) groups excluding carboxylic acids is 1. The summed E-state index contributed by atoms with van der Waals surface area (Å²) in [6.07, 6.45) is 0. The third-order valence-electron chi connectivity index (χ3n) is 4.35. The second-order valence-electron chi connectivity index (χ2n) is 5.70.